The van der Waals surface area contributed by atoms with Crippen LogP contribution < -0.4 is 20.5 Å². The number of ether oxygens (including phenoxy) is 2. The van der Waals surface area contributed by atoms with Gasteiger partial charge in [0, 0.05) is 28.3 Å². The summed E-state index contributed by atoms with van der Waals surface area (Å²) in [5.41, 5.74) is 0.0270. The molecule has 4 N–H and O–H groups in total. The maximum absolute atomic E-state index is 16.2. The molecule has 240 valence electrons. The number of amides is 2. The molecule has 3 aliphatic rings. The number of carbonyl (C=O) groups excluding carboxylic acids is 2. The summed E-state index contributed by atoms with van der Waals surface area (Å²) in [7, 11) is 1.46. The Hall–Kier alpha value is -4.36. The van der Waals surface area contributed by atoms with E-state index in [1.165, 1.54) is 26.2 Å². The quantitative estimate of drug-likeness (QED) is 0.223. The predicted octanol–water partition coefficient (Wildman–Crippen LogP) is 4.63. The van der Waals surface area contributed by atoms with E-state index in [0.717, 1.165) is 25.0 Å². The molecule has 2 fully saturated rings. The van der Waals surface area contributed by atoms with Crippen molar-refractivity contribution < 1.29 is 37.3 Å². The number of pyridine rings is 1. The number of alkyl halides is 1. The summed E-state index contributed by atoms with van der Waals surface area (Å²) in [4.78, 5) is 30.6. The van der Waals surface area contributed by atoms with Crippen molar-refractivity contribution in [2.24, 2.45) is 5.73 Å². The zero-order valence-electron chi connectivity index (χ0n) is 24.8. The molecule has 10 nitrogen and oxygen atoms in total. The number of fused-ring (bicyclic) bond motifs is 2. The standard InChI is InChI=1S/C32H29ClF3N5O5/c1-30(29(37)43)14-46-27-19(30)11-22(39-26(27)18-5-6-20(34)24(35)23(18)33)32(44,31(36)7-8-31)13-38-28(42)15-9-16-12-41(17-3-4-17)40-25(16)21(10-15)45-2/h5-6,9-12,17,44H,3-4,7-8,13-14H2,1-2H3,(H2,37,43)(H,38,42)/t30-,32-/m0/s1. The molecule has 0 spiro atoms. The van der Waals surface area contributed by atoms with E-state index in [1.54, 1.807) is 6.07 Å². The van der Waals surface area contributed by atoms with Crippen LogP contribution >= 0.6 is 11.6 Å². The second-order valence-electron chi connectivity index (χ2n) is 12.4. The minimum atomic E-state index is -2.43. The van der Waals surface area contributed by atoms with Crippen molar-refractivity contribution in [1.82, 2.24) is 20.1 Å². The lowest BCUT2D eigenvalue weighted by Crippen LogP contribution is -2.49. The van der Waals surface area contributed by atoms with E-state index in [4.69, 9.17) is 26.8 Å². The van der Waals surface area contributed by atoms with Crippen molar-refractivity contribution in [3.8, 4) is 22.8 Å². The molecule has 2 aromatic heterocycles. The SMILES string of the molecule is COc1cc(C(=O)NC[C@](O)(c2cc3c(c(-c4ccc(F)c(F)c4Cl)n2)OC[C@]3(C)C(N)=O)C2(F)CC2)cc2cn(C3CC3)nc12. The normalized spacial score (nSPS) is 20.9. The Morgan fingerprint density at radius 2 is 2.00 bits per heavy atom. The van der Waals surface area contributed by atoms with Crippen molar-refractivity contribution in [2.75, 3.05) is 20.3 Å². The number of rotatable bonds is 9. The van der Waals surface area contributed by atoms with Crippen LogP contribution in [-0.2, 0) is 15.8 Å². The molecule has 2 amide bonds. The first-order chi connectivity index (χ1) is 21.8. The summed E-state index contributed by atoms with van der Waals surface area (Å²) in [6.45, 7) is 0.642. The first kappa shape index (κ1) is 30.3. The molecule has 0 radical (unpaired) electrons. The van der Waals surface area contributed by atoms with Crippen molar-refractivity contribution >= 4 is 34.3 Å². The highest BCUT2D eigenvalue weighted by atomic mass is 35.5. The molecule has 14 heteroatoms. The summed E-state index contributed by atoms with van der Waals surface area (Å²) in [5.74, 6) is -3.59. The van der Waals surface area contributed by atoms with Gasteiger partial charge in [-0.05, 0) is 62.9 Å². The van der Waals surface area contributed by atoms with Gasteiger partial charge in [-0.2, -0.15) is 5.10 Å². The molecule has 3 heterocycles. The van der Waals surface area contributed by atoms with Gasteiger partial charge in [0.2, 0.25) is 5.91 Å². The van der Waals surface area contributed by atoms with Gasteiger partial charge < -0.3 is 25.6 Å². The summed E-state index contributed by atoms with van der Waals surface area (Å²) < 4.78 is 57.9. The Morgan fingerprint density at radius 3 is 2.65 bits per heavy atom. The van der Waals surface area contributed by atoms with Crippen LogP contribution in [-0.4, -0.2) is 57.6 Å². The van der Waals surface area contributed by atoms with E-state index in [9.17, 15) is 23.5 Å². The Bertz CT molecular complexity index is 1960. The van der Waals surface area contributed by atoms with Crippen LogP contribution in [0.3, 0.4) is 0 Å². The highest BCUT2D eigenvalue weighted by Gasteiger charge is 2.62. The van der Waals surface area contributed by atoms with Crippen molar-refractivity contribution in [1.29, 1.82) is 0 Å². The average molecular weight is 656 g/mol. The average Bonchev–Trinajstić information content (AvgIpc) is 3.96. The van der Waals surface area contributed by atoms with E-state index >= 15 is 4.39 Å². The molecule has 7 rings (SSSR count). The van der Waals surface area contributed by atoms with Crippen LogP contribution in [0.2, 0.25) is 5.02 Å². The second-order valence-corrected chi connectivity index (χ2v) is 12.8. The number of nitrogens with zero attached hydrogens (tertiary/aromatic N) is 3. The van der Waals surface area contributed by atoms with E-state index in [0.29, 0.717) is 22.7 Å². The van der Waals surface area contributed by atoms with E-state index in [-0.39, 0.29) is 53.3 Å². The summed E-state index contributed by atoms with van der Waals surface area (Å²) in [6, 6.07) is 6.74. The van der Waals surface area contributed by atoms with Gasteiger partial charge >= 0.3 is 0 Å². The van der Waals surface area contributed by atoms with Gasteiger partial charge in [0.25, 0.3) is 5.91 Å². The van der Waals surface area contributed by atoms with Crippen LogP contribution in [0.15, 0.2) is 36.5 Å². The number of benzene rings is 2. The molecule has 46 heavy (non-hydrogen) atoms. The smallest absolute Gasteiger partial charge is 0.251 e. The van der Waals surface area contributed by atoms with Crippen molar-refractivity contribution in [3.63, 3.8) is 0 Å². The Kier molecular flexibility index (Phi) is 6.80. The van der Waals surface area contributed by atoms with Gasteiger partial charge in [-0.25, -0.2) is 18.2 Å². The van der Waals surface area contributed by atoms with Gasteiger partial charge in [0.05, 0.1) is 30.4 Å². The molecule has 2 saturated carbocycles. The number of methoxy groups -OCH3 is 1. The molecule has 4 aromatic rings. The van der Waals surface area contributed by atoms with Crippen molar-refractivity contribution in [2.45, 2.75) is 55.3 Å². The van der Waals surface area contributed by atoms with Gasteiger partial charge in [-0.1, -0.05) is 11.6 Å². The predicted molar refractivity (Wildman–Crippen MR) is 160 cm³/mol. The highest BCUT2D eigenvalue weighted by molar-refractivity contribution is 6.33. The molecular formula is C32H29ClF3N5O5. The summed E-state index contributed by atoms with van der Waals surface area (Å²) in [6.07, 6.45) is 3.75. The molecule has 2 atom stereocenters. The third-order valence-corrected chi connectivity index (χ3v) is 9.63. The van der Waals surface area contributed by atoms with Crippen LogP contribution in [0.4, 0.5) is 13.2 Å². The van der Waals surface area contributed by atoms with E-state index in [1.807, 2.05) is 10.9 Å². The number of primary amides is 1. The van der Waals surface area contributed by atoms with Crippen LogP contribution in [0, 0.1) is 11.6 Å². The molecule has 0 bridgehead atoms. The molecule has 1 aliphatic heterocycles. The lowest BCUT2D eigenvalue weighted by atomic mass is 9.80. The number of carbonyl (C=O) groups is 2. The zero-order chi connectivity index (χ0) is 32.8. The largest absolute Gasteiger partial charge is 0.494 e. The van der Waals surface area contributed by atoms with Crippen LogP contribution in [0.1, 0.15) is 60.3 Å². The topological polar surface area (TPSA) is 142 Å². The first-order valence-corrected chi connectivity index (χ1v) is 15.1. The molecule has 0 unspecified atom stereocenters. The highest BCUT2D eigenvalue weighted by Crippen LogP contribution is 2.55. The lowest BCUT2D eigenvalue weighted by molar-refractivity contribution is -0.123. The Morgan fingerprint density at radius 1 is 1.26 bits per heavy atom. The number of nitrogens with two attached hydrogens (primary N) is 1. The van der Waals surface area contributed by atoms with Gasteiger partial charge in [0.15, 0.2) is 17.2 Å². The monoisotopic (exact) mass is 655 g/mol. The fourth-order valence-electron chi connectivity index (χ4n) is 5.94. The minimum Gasteiger partial charge on any atom is -0.494 e. The van der Waals surface area contributed by atoms with Crippen molar-refractivity contribution in [3.05, 3.63) is 70.0 Å². The first-order valence-electron chi connectivity index (χ1n) is 14.7. The second kappa shape index (κ2) is 10.3. The van der Waals surface area contributed by atoms with E-state index < -0.39 is 51.7 Å². The van der Waals surface area contributed by atoms with Crippen LogP contribution in [0.25, 0.3) is 22.2 Å². The maximum Gasteiger partial charge on any atom is 0.251 e. The minimum absolute atomic E-state index is 0.000176. The molecule has 0 saturated heterocycles. The maximum atomic E-state index is 16.2. The third-order valence-electron chi connectivity index (χ3n) is 9.26. The number of nitrogens with one attached hydrogen (secondary N) is 1. The van der Waals surface area contributed by atoms with Gasteiger partial charge in [-0.15, -0.1) is 0 Å². The summed E-state index contributed by atoms with van der Waals surface area (Å²) >= 11 is 6.18. The fraction of sp³-hybridized carbons (Fsp3) is 0.375. The number of hydrogen-bond donors (Lipinski definition) is 3. The molecule has 2 aliphatic carbocycles. The molecule has 2 aromatic carbocycles. The fourth-order valence-corrected chi connectivity index (χ4v) is 6.18. The number of aromatic nitrogens is 3. The third kappa shape index (κ3) is 4.58. The lowest BCUT2D eigenvalue weighted by Gasteiger charge is -2.33. The number of aliphatic hydroxyl groups is 1. The zero-order valence-corrected chi connectivity index (χ0v) is 25.6. The number of halogens is 4. The Balaban J connectivity index is 1.30. The summed E-state index contributed by atoms with van der Waals surface area (Å²) in [5, 5.41) is 19.3. The number of hydrogen-bond acceptors (Lipinski definition) is 7. The van der Waals surface area contributed by atoms with Gasteiger partial charge in [-0.3, -0.25) is 14.3 Å². The Labute approximate surface area is 265 Å². The van der Waals surface area contributed by atoms with Gasteiger partial charge in [0.1, 0.15) is 40.4 Å². The van der Waals surface area contributed by atoms with Crippen LogP contribution in [0.5, 0.6) is 11.5 Å². The molecular weight excluding hydrogens is 627 g/mol. The van der Waals surface area contributed by atoms with E-state index in [2.05, 4.69) is 15.4 Å².